The summed E-state index contributed by atoms with van der Waals surface area (Å²) in [4.78, 5) is 22.7. The maximum atomic E-state index is 13.1. The summed E-state index contributed by atoms with van der Waals surface area (Å²) in [6.45, 7) is 3.82. The molecule has 3 rings (SSSR count). The Morgan fingerprint density at radius 2 is 1.77 bits per heavy atom. The van der Waals surface area contributed by atoms with Crippen LogP contribution in [0, 0.1) is 19.7 Å². The van der Waals surface area contributed by atoms with Gasteiger partial charge in [0, 0.05) is 17.1 Å². The largest absolute Gasteiger partial charge is 0.326 e. The molecule has 2 aromatic rings. The van der Waals surface area contributed by atoms with E-state index in [0.29, 0.717) is 0 Å². The molecule has 112 valence electrons. The average Bonchev–Trinajstić information content (AvgIpc) is 2.92. The van der Waals surface area contributed by atoms with E-state index in [2.05, 4.69) is 10.6 Å². The van der Waals surface area contributed by atoms with Gasteiger partial charge >= 0.3 is 6.03 Å². The minimum absolute atomic E-state index is 0.212. The van der Waals surface area contributed by atoms with Gasteiger partial charge in [-0.15, -0.1) is 0 Å². The second kappa shape index (κ2) is 5.14. The zero-order valence-corrected chi connectivity index (χ0v) is 12.1. The Bertz CT molecular complexity index is 804. The van der Waals surface area contributed by atoms with E-state index >= 15 is 0 Å². The number of benzene rings is 1. The Labute approximate surface area is 126 Å². The lowest BCUT2D eigenvalue weighted by molar-refractivity contribution is -0.115. The van der Waals surface area contributed by atoms with Gasteiger partial charge in [-0.3, -0.25) is 10.1 Å². The zero-order valence-electron chi connectivity index (χ0n) is 12.1. The van der Waals surface area contributed by atoms with E-state index in [1.165, 1.54) is 12.1 Å². The van der Waals surface area contributed by atoms with Crippen LogP contribution in [0.1, 0.15) is 17.0 Å². The molecule has 0 radical (unpaired) electrons. The van der Waals surface area contributed by atoms with Gasteiger partial charge in [-0.05, 0) is 55.8 Å². The number of urea groups is 1. The summed E-state index contributed by atoms with van der Waals surface area (Å²) in [5.74, 6) is -0.740. The highest BCUT2D eigenvalue weighted by atomic mass is 19.1. The van der Waals surface area contributed by atoms with Crippen molar-refractivity contribution in [3.05, 3.63) is 58.8 Å². The second-order valence-corrected chi connectivity index (χ2v) is 5.10. The van der Waals surface area contributed by atoms with Gasteiger partial charge in [-0.2, -0.15) is 0 Å². The molecule has 1 aromatic carbocycles. The SMILES string of the molecule is Cc1cc(C=C2NC(=O)NC2=O)c(C)n1-c1ccc(F)cc1. The molecule has 5 nitrogen and oxygen atoms in total. The highest BCUT2D eigenvalue weighted by Crippen LogP contribution is 2.23. The van der Waals surface area contributed by atoms with Crippen molar-refractivity contribution in [1.29, 1.82) is 0 Å². The quantitative estimate of drug-likeness (QED) is 0.661. The fraction of sp³-hybridized carbons (Fsp3) is 0.125. The third-order valence-electron chi connectivity index (χ3n) is 3.57. The molecule has 2 heterocycles. The molecule has 2 N–H and O–H groups in total. The van der Waals surface area contributed by atoms with Gasteiger partial charge in [-0.1, -0.05) is 0 Å². The fourth-order valence-corrected chi connectivity index (χ4v) is 2.56. The van der Waals surface area contributed by atoms with Crippen molar-refractivity contribution in [2.45, 2.75) is 13.8 Å². The van der Waals surface area contributed by atoms with Crippen LogP contribution in [0.4, 0.5) is 9.18 Å². The summed E-state index contributed by atoms with van der Waals surface area (Å²) >= 11 is 0. The highest BCUT2D eigenvalue weighted by molar-refractivity contribution is 6.14. The van der Waals surface area contributed by atoms with Gasteiger partial charge in [-0.25, -0.2) is 9.18 Å². The van der Waals surface area contributed by atoms with E-state index in [0.717, 1.165) is 22.6 Å². The smallest absolute Gasteiger partial charge is 0.318 e. The number of amides is 3. The molecule has 0 bridgehead atoms. The number of hydrogen-bond donors (Lipinski definition) is 2. The lowest BCUT2D eigenvalue weighted by atomic mass is 10.2. The number of imide groups is 1. The second-order valence-electron chi connectivity index (χ2n) is 5.10. The van der Waals surface area contributed by atoms with Gasteiger partial charge in [0.25, 0.3) is 5.91 Å². The molecular formula is C16H14FN3O2. The lowest BCUT2D eigenvalue weighted by Gasteiger charge is -2.09. The van der Waals surface area contributed by atoms with E-state index in [9.17, 15) is 14.0 Å². The van der Waals surface area contributed by atoms with E-state index in [-0.39, 0.29) is 11.5 Å². The minimum Gasteiger partial charge on any atom is -0.318 e. The number of aryl methyl sites for hydroxylation is 1. The number of nitrogens with zero attached hydrogens (tertiary/aromatic N) is 1. The van der Waals surface area contributed by atoms with Crippen molar-refractivity contribution in [1.82, 2.24) is 15.2 Å². The topological polar surface area (TPSA) is 63.1 Å². The molecule has 0 atom stereocenters. The Hall–Kier alpha value is -2.89. The molecule has 1 saturated heterocycles. The Balaban J connectivity index is 2.04. The summed E-state index contributed by atoms with van der Waals surface area (Å²) < 4.78 is 15.0. The van der Waals surface area contributed by atoms with Gasteiger partial charge < -0.3 is 9.88 Å². The molecule has 1 aliphatic rings. The molecule has 6 heteroatoms. The van der Waals surface area contributed by atoms with E-state index in [4.69, 9.17) is 0 Å². The third kappa shape index (κ3) is 2.39. The van der Waals surface area contributed by atoms with Crippen molar-refractivity contribution >= 4 is 18.0 Å². The van der Waals surface area contributed by atoms with Crippen LogP contribution in [0.3, 0.4) is 0 Å². The number of nitrogens with one attached hydrogen (secondary N) is 2. The first-order valence-corrected chi connectivity index (χ1v) is 6.74. The molecule has 1 fully saturated rings. The summed E-state index contributed by atoms with van der Waals surface area (Å²) in [7, 11) is 0. The van der Waals surface area contributed by atoms with Crippen LogP contribution >= 0.6 is 0 Å². The van der Waals surface area contributed by atoms with E-state index in [1.807, 2.05) is 24.5 Å². The van der Waals surface area contributed by atoms with E-state index in [1.54, 1.807) is 18.2 Å². The van der Waals surface area contributed by atoms with Crippen molar-refractivity contribution < 1.29 is 14.0 Å². The number of carbonyl (C=O) groups is 2. The van der Waals surface area contributed by atoms with Crippen molar-refractivity contribution in [2.24, 2.45) is 0 Å². The summed E-state index contributed by atoms with van der Waals surface area (Å²) in [5, 5.41) is 4.62. The Morgan fingerprint density at radius 1 is 1.09 bits per heavy atom. The number of hydrogen-bond acceptors (Lipinski definition) is 2. The molecule has 1 aromatic heterocycles. The molecule has 1 aliphatic heterocycles. The van der Waals surface area contributed by atoms with Crippen LogP contribution in [0.5, 0.6) is 0 Å². The first kappa shape index (κ1) is 14.1. The standard InChI is InChI=1S/C16H14FN3O2/c1-9-7-11(8-14-15(21)19-16(22)18-14)10(2)20(9)13-5-3-12(17)4-6-13/h3-8H,1-2H3,(H2,18,19,21,22). The first-order chi connectivity index (χ1) is 10.5. The van der Waals surface area contributed by atoms with Crippen LogP contribution in [0.25, 0.3) is 11.8 Å². The molecular weight excluding hydrogens is 285 g/mol. The number of aromatic nitrogens is 1. The number of halogens is 1. The maximum Gasteiger partial charge on any atom is 0.326 e. The molecule has 0 saturated carbocycles. The van der Waals surface area contributed by atoms with Crippen molar-refractivity contribution in [3.63, 3.8) is 0 Å². The number of carbonyl (C=O) groups excluding carboxylic acids is 2. The van der Waals surface area contributed by atoms with Crippen molar-refractivity contribution in [3.8, 4) is 5.69 Å². The third-order valence-corrected chi connectivity index (χ3v) is 3.57. The van der Waals surface area contributed by atoms with Gasteiger partial charge in [0.15, 0.2) is 0 Å². The predicted molar refractivity (Wildman–Crippen MR) is 79.9 cm³/mol. The highest BCUT2D eigenvalue weighted by Gasteiger charge is 2.23. The fourth-order valence-electron chi connectivity index (χ4n) is 2.56. The molecule has 0 spiro atoms. The minimum atomic E-state index is -0.524. The van der Waals surface area contributed by atoms with Crippen LogP contribution in [-0.2, 0) is 4.79 Å². The monoisotopic (exact) mass is 299 g/mol. The Kier molecular flexibility index (Phi) is 3.29. The molecule has 3 amide bonds. The molecule has 22 heavy (non-hydrogen) atoms. The first-order valence-electron chi connectivity index (χ1n) is 6.74. The zero-order chi connectivity index (χ0) is 15.9. The maximum absolute atomic E-state index is 13.1. The van der Waals surface area contributed by atoms with Gasteiger partial charge in [0.1, 0.15) is 11.5 Å². The Morgan fingerprint density at radius 3 is 2.36 bits per heavy atom. The van der Waals surface area contributed by atoms with Gasteiger partial charge in [0.05, 0.1) is 0 Å². The number of rotatable bonds is 2. The summed E-state index contributed by atoms with van der Waals surface area (Å²) in [6.07, 6.45) is 1.63. The lowest BCUT2D eigenvalue weighted by Crippen LogP contribution is -2.22. The average molecular weight is 299 g/mol. The van der Waals surface area contributed by atoms with Crippen LogP contribution in [0.15, 0.2) is 36.0 Å². The molecule has 0 aliphatic carbocycles. The normalized spacial score (nSPS) is 16.0. The predicted octanol–water partition coefficient (Wildman–Crippen LogP) is 2.41. The summed E-state index contributed by atoms with van der Waals surface area (Å²) in [6, 6.07) is 7.56. The van der Waals surface area contributed by atoms with Crippen molar-refractivity contribution in [2.75, 3.05) is 0 Å². The van der Waals surface area contributed by atoms with E-state index < -0.39 is 11.9 Å². The molecule has 0 unspecified atom stereocenters. The van der Waals surface area contributed by atoms with Gasteiger partial charge in [0.2, 0.25) is 0 Å². The van der Waals surface area contributed by atoms with Crippen LogP contribution in [-0.4, -0.2) is 16.5 Å². The summed E-state index contributed by atoms with van der Waals surface area (Å²) in [5.41, 5.74) is 3.70. The van der Waals surface area contributed by atoms with Crippen LogP contribution < -0.4 is 10.6 Å². The van der Waals surface area contributed by atoms with Crippen LogP contribution in [0.2, 0.25) is 0 Å².